The van der Waals surface area contributed by atoms with Crippen molar-refractivity contribution in [3.05, 3.63) is 83.4 Å². The minimum atomic E-state index is -4.19. The van der Waals surface area contributed by atoms with E-state index in [1.807, 2.05) is 0 Å². The third kappa shape index (κ3) is 7.42. The first-order valence-electron chi connectivity index (χ1n) is 12.2. The molecule has 3 rings (SSSR count). The third-order valence-corrected chi connectivity index (χ3v) is 8.11. The van der Waals surface area contributed by atoms with Crippen LogP contribution in [-0.2, 0) is 26.2 Å². The number of hydrogen-bond acceptors (Lipinski definition) is 6. The maximum Gasteiger partial charge on any atom is 0.264 e. The van der Waals surface area contributed by atoms with E-state index in [1.165, 1.54) is 48.4 Å². The Kier molecular flexibility index (Phi) is 10.2. The lowest BCUT2D eigenvalue weighted by atomic mass is 10.1. The van der Waals surface area contributed by atoms with Crippen molar-refractivity contribution in [3.63, 3.8) is 0 Å². The molecule has 0 heterocycles. The molecule has 0 spiro atoms. The van der Waals surface area contributed by atoms with Crippen LogP contribution < -0.4 is 19.1 Å². The van der Waals surface area contributed by atoms with E-state index in [9.17, 15) is 18.0 Å². The lowest BCUT2D eigenvalue weighted by Gasteiger charge is -2.32. The molecular formula is C28H32ClN3O6S. The second kappa shape index (κ2) is 13.3. The lowest BCUT2D eigenvalue weighted by molar-refractivity contribution is -0.139. The summed E-state index contributed by atoms with van der Waals surface area (Å²) < 4.78 is 39.0. The van der Waals surface area contributed by atoms with Crippen molar-refractivity contribution >= 4 is 39.1 Å². The normalized spacial score (nSPS) is 11.8. The molecule has 1 atom stereocenters. The van der Waals surface area contributed by atoms with E-state index >= 15 is 0 Å². The molecular weight excluding hydrogens is 542 g/mol. The molecule has 0 aromatic heterocycles. The first kappa shape index (κ1) is 29.8. The third-order valence-electron chi connectivity index (χ3n) is 6.07. The smallest absolute Gasteiger partial charge is 0.264 e. The van der Waals surface area contributed by atoms with Gasteiger partial charge in [-0.05, 0) is 80.1 Å². The fraction of sp³-hybridized carbons (Fsp3) is 0.286. The minimum Gasteiger partial charge on any atom is -0.497 e. The number of methoxy groups -OCH3 is 2. The number of carbonyl (C=O) groups is 2. The van der Waals surface area contributed by atoms with Crippen LogP contribution in [0.5, 0.6) is 11.5 Å². The first-order chi connectivity index (χ1) is 18.6. The number of likely N-dealkylation sites (N-methyl/N-ethyl adjacent to an activating group) is 1. The summed E-state index contributed by atoms with van der Waals surface area (Å²) >= 11 is 6.04. The Bertz CT molecular complexity index is 1360. The van der Waals surface area contributed by atoms with E-state index < -0.39 is 28.5 Å². The van der Waals surface area contributed by atoms with Gasteiger partial charge in [0.2, 0.25) is 11.8 Å². The van der Waals surface area contributed by atoms with Gasteiger partial charge < -0.3 is 19.7 Å². The second-order valence-electron chi connectivity index (χ2n) is 8.60. The number of ether oxygens (including phenoxy) is 2. The van der Waals surface area contributed by atoms with Crippen LogP contribution in [0.2, 0.25) is 5.02 Å². The topological polar surface area (TPSA) is 105 Å². The Hall–Kier alpha value is -3.76. The largest absolute Gasteiger partial charge is 0.497 e. The summed E-state index contributed by atoms with van der Waals surface area (Å²) in [5, 5.41) is 3.15. The molecule has 1 N–H and O–H groups in total. The molecule has 9 nitrogen and oxygen atoms in total. The number of halogens is 1. The van der Waals surface area contributed by atoms with Crippen LogP contribution in [0.4, 0.5) is 5.69 Å². The van der Waals surface area contributed by atoms with Gasteiger partial charge in [0, 0.05) is 18.1 Å². The predicted molar refractivity (Wildman–Crippen MR) is 151 cm³/mol. The quantitative estimate of drug-likeness (QED) is 0.350. The van der Waals surface area contributed by atoms with Crippen molar-refractivity contribution in [3.8, 4) is 11.5 Å². The molecule has 0 aliphatic heterocycles. The number of benzene rings is 3. The summed E-state index contributed by atoms with van der Waals surface area (Å²) in [4.78, 5) is 27.9. The van der Waals surface area contributed by atoms with Crippen LogP contribution >= 0.6 is 11.6 Å². The van der Waals surface area contributed by atoms with Crippen LogP contribution in [0.1, 0.15) is 19.4 Å². The Morgan fingerprint density at radius 2 is 1.44 bits per heavy atom. The number of amides is 2. The minimum absolute atomic E-state index is 0.0236. The van der Waals surface area contributed by atoms with Gasteiger partial charge in [-0.3, -0.25) is 13.9 Å². The fourth-order valence-corrected chi connectivity index (χ4v) is 5.38. The van der Waals surface area contributed by atoms with Crippen LogP contribution in [0.15, 0.2) is 77.7 Å². The van der Waals surface area contributed by atoms with Crippen LogP contribution in [0.25, 0.3) is 0 Å². The average molecular weight is 574 g/mol. The lowest BCUT2D eigenvalue weighted by Crippen LogP contribution is -2.51. The molecule has 0 aliphatic carbocycles. The number of carbonyl (C=O) groups excluding carboxylic acids is 2. The zero-order valence-corrected chi connectivity index (χ0v) is 23.8. The van der Waals surface area contributed by atoms with Crippen molar-refractivity contribution in [2.24, 2.45) is 0 Å². The predicted octanol–water partition coefficient (Wildman–Crippen LogP) is 4.11. The number of rotatable bonds is 12. The molecule has 2 amide bonds. The maximum atomic E-state index is 13.8. The molecule has 0 radical (unpaired) electrons. The Morgan fingerprint density at radius 3 is 1.95 bits per heavy atom. The summed E-state index contributed by atoms with van der Waals surface area (Å²) in [5.41, 5.74) is 0.995. The molecule has 0 aliphatic rings. The highest BCUT2D eigenvalue weighted by molar-refractivity contribution is 7.92. The first-order valence-corrected chi connectivity index (χ1v) is 14.0. The Balaban J connectivity index is 2.01. The molecule has 0 saturated carbocycles. The van der Waals surface area contributed by atoms with Gasteiger partial charge in [0.15, 0.2) is 0 Å². The van der Waals surface area contributed by atoms with E-state index in [0.29, 0.717) is 23.1 Å². The number of nitrogens with zero attached hydrogens (tertiary/aromatic N) is 2. The molecule has 3 aromatic carbocycles. The molecule has 0 unspecified atom stereocenters. The average Bonchev–Trinajstić information content (AvgIpc) is 2.95. The second-order valence-corrected chi connectivity index (χ2v) is 10.9. The van der Waals surface area contributed by atoms with Crippen molar-refractivity contribution in [1.82, 2.24) is 10.2 Å². The number of sulfonamides is 1. The molecule has 208 valence electrons. The molecule has 0 saturated heterocycles. The van der Waals surface area contributed by atoms with Gasteiger partial charge in [0.1, 0.15) is 24.1 Å². The Labute approximate surface area is 234 Å². The highest BCUT2D eigenvalue weighted by atomic mass is 35.5. The zero-order chi connectivity index (χ0) is 28.6. The van der Waals surface area contributed by atoms with Gasteiger partial charge in [-0.1, -0.05) is 23.7 Å². The number of hydrogen-bond donors (Lipinski definition) is 1. The van der Waals surface area contributed by atoms with Crippen molar-refractivity contribution in [1.29, 1.82) is 0 Å². The summed E-state index contributed by atoms with van der Waals surface area (Å²) in [7, 11) is -1.15. The van der Waals surface area contributed by atoms with E-state index in [2.05, 4.69) is 5.32 Å². The van der Waals surface area contributed by atoms with E-state index in [4.69, 9.17) is 21.1 Å². The fourth-order valence-electron chi connectivity index (χ4n) is 3.84. The zero-order valence-electron chi connectivity index (χ0n) is 22.3. The van der Waals surface area contributed by atoms with Gasteiger partial charge in [-0.25, -0.2) is 8.42 Å². The standard InChI is InChI=1S/C28H32ClN3O6S/c1-5-30-28(34)20(2)31(18-21-6-12-24(37-3)13-7-21)27(33)19-32(23-10-8-22(29)9-11-23)39(35,36)26-16-14-25(38-4)15-17-26/h6-17,20H,5,18-19H2,1-4H3,(H,30,34)/t20-/m1/s1. The van der Waals surface area contributed by atoms with Gasteiger partial charge in [0.25, 0.3) is 10.0 Å². The summed E-state index contributed by atoms with van der Waals surface area (Å²) in [6.45, 7) is 3.31. The van der Waals surface area contributed by atoms with Gasteiger partial charge in [-0.15, -0.1) is 0 Å². The summed E-state index contributed by atoms with van der Waals surface area (Å²) in [6, 6.07) is 18.2. The number of nitrogens with one attached hydrogen (secondary N) is 1. The van der Waals surface area contributed by atoms with Crippen molar-refractivity contribution in [2.75, 3.05) is 31.6 Å². The van der Waals surface area contributed by atoms with Crippen LogP contribution in [0.3, 0.4) is 0 Å². The summed E-state index contributed by atoms with van der Waals surface area (Å²) in [5.74, 6) is 0.226. The van der Waals surface area contributed by atoms with Gasteiger partial charge >= 0.3 is 0 Å². The van der Waals surface area contributed by atoms with Gasteiger partial charge in [-0.2, -0.15) is 0 Å². The molecule has 0 fully saturated rings. The van der Waals surface area contributed by atoms with E-state index in [0.717, 1.165) is 9.87 Å². The Morgan fingerprint density at radius 1 is 0.897 bits per heavy atom. The number of anilines is 1. The summed E-state index contributed by atoms with van der Waals surface area (Å²) in [6.07, 6.45) is 0. The monoisotopic (exact) mass is 573 g/mol. The van der Waals surface area contributed by atoms with Crippen LogP contribution in [-0.4, -0.2) is 58.5 Å². The van der Waals surface area contributed by atoms with Crippen molar-refractivity contribution < 1.29 is 27.5 Å². The highest BCUT2D eigenvalue weighted by Crippen LogP contribution is 2.27. The van der Waals surface area contributed by atoms with Crippen LogP contribution in [0, 0.1) is 0 Å². The van der Waals surface area contributed by atoms with Gasteiger partial charge in [0.05, 0.1) is 24.8 Å². The SMILES string of the molecule is CCNC(=O)[C@@H](C)N(Cc1ccc(OC)cc1)C(=O)CN(c1ccc(Cl)cc1)S(=O)(=O)c1ccc(OC)cc1. The highest BCUT2D eigenvalue weighted by Gasteiger charge is 2.32. The molecule has 0 bridgehead atoms. The van der Waals surface area contributed by atoms with E-state index in [1.54, 1.807) is 57.4 Å². The maximum absolute atomic E-state index is 13.8. The molecule has 39 heavy (non-hydrogen) atoms. The van der Waals surface area contributed by atoms with E-state index in [-0.39, 0.29) is 23.0 Å². The molecule has 11 heteroatoms. The molecule has 3 aromatic rings. The van der Waals surface area contributed by atoms with Crippen molar-refractivity contribution in [2.45, 2.75) is 31.3 Å².